The third-order valence-corrected chi connectivity index (χ3v) is 9.45. The van der Waals surface area contributed by atoms with E-state index in [1.54, 1.807) is 51.2 Å². The highest BCUT2D eigenvalue weighted by atomic mass is 35.5. The molecular formula is C43H30Cl4F4N4O3. The summed E-state index contributed by atoms with van der Waals surface area (Å²) in [4.78, 5) is 37.8. The van der Waals surface area contributed by atoms with Gasteiger partial charge in [0.25, 0.3) is 0 Å². The van der Waals surface area contributed by atoms with Gasteiger partial charge in [0.05, 0.1) is 23.4 Å². The van der Waals surface area contributed by atoms with Gasteiger partial charge in [-0.2, -0.15) is 0 Å². The summed E-state index contributed by atoms with van der Waals surface area (Å²) < 4.78 is 62.6. The predicted octanol–water partition coefficient (Wildman–Crippen LogP) is 12.3. The van der Waals surface area contributed by atoms with Crippen molar-refractivity contribution in [1.29, 1.82) is 0 Å². The summed E-state index contributed by atoms with van der Waals surface area (Å²) in [7, 11) is 0. The van der Waals surface area contributed by atoms with Crippen molar-refractivity contribution in [3.63, 3.8) is 0 Å². The van der Waals surface area contributed by atoms with Crippen LogP contribution in [0.1, 0.15) is 58.9 Å². The summed E-state index contributed by atoms with van der Waals surface area (Å²) in [6.45, 7) is 5.42. The number of aromatic nitrogens is 2. The van der Waals surface area contributed by atoms with Gasteiger partial charge in [0.2, 0.25) is 0 Å². The second kappa shape index (κ2) is 17.7. The highest BCUT2D eigenvalue weighted by Crippen LogP contribution is 2.37. The fraction of sp³-hybridized carbons (Fsp3) is 0.140. The van der Waals surface area contributed by atoms with Gasteiger partial charge in [-0.15, -0.1) is 0 Å². The molecule has 1 N–H and O–H groups in total. The molecule has 15 heteroatoms. The second-order valence-corrected chi connectivity index (χ2v) is 15.4. The van der Waals surface area contributed by atoms with E-state index >= 15 is 0 Å². The molecule has 4 aromatic carbocycles. The molecule has 0 saturated carbocycles. The van der Waals surface area contributed by atoms with Gasteiger partial charge in [-0.1, -0.05) is 70.7 Å². The maximum Gasteiger partial charge on any atom is 0.407 e. The van der Waals surface area contributed by atoms with Crippen LogP contribution in [0.2, 0.25) is 20.4 Å². The summed E-state index contributed by atoms with van der Waals surface area (Å²) in [5.41, 5.74) is 2.82. The topological polar surface area (TPSA) is 93.5 Å². The van der Waals surface area contributed by atoms with E-state index < -0.39 is 46.3 Å². The van der Waals surface area contributed by atoms with Gasteiger partial charge < -0.3 is 10.1 Å². The molecule has 1 amide bonds. The van der Waals surface area contributed by atoms with Crippen LogP contribution in [0.25, 0.3) is 22.3 Å². The Morgan fingerprint density at radius 2 is 1.26 bits per heavy atom. The van der Waals surface area contributed by atoms with Crippen LogP contribution in [0.3, 0.4) is 0 Å². The molecular weight excluding hydrogens is 838 g/mol. The number of halogens is 8. The normalized spacial score (nSPS) is 11.9. The minimum Gasteiger partial charge on any atom is -0.444 e. The van der Waals surface area contributed by atoms with Crippen molar-refractivity contribution in [3.8, 4) is 22.3 Å². The van der Waals surface area contributed by atoms with Crippen molar-refractivity contribution in [3.05, 3.63) is 174 Å². The first-order valence-corrected chi connectivity index (χ1v) is 18.9. The molecule has 0 radical (unpaired) electrons. The molecule has 58 heavy (non-hydrogen) atoms. The third-order valence-electron chi connectivity index (χ3n) is 8.57. The Morgan fingerprint density at radius 1 is 0.690 bits per heavy atom. The summed E-state index contributed by atoms with van der Waals surface area (Å²) in [6.07, 6.45) is 2.41. The SMILES string of the molecule is CC(C)(C)OC(=O)NCc1cnc(Cl)cc1-c1ccc(Cl)cc1C(=O)c1c(F)cccc1F.Fc1cccc(F)c1C1=NCc2cnc(Cl)cc2-c2ccc(Cl)cc21. The van der Waals surface area contributed by atoms with E-state index in [0.717, 1.165) is 28.8 Å². The maximum absolute atomic E-state index is 14.4. The van der Waals surface area contributed by atoms with Gasteiger partial charge >= 0.3 is 6.09 Å². The molecule has 296 valence electrons. The lowest BCUT2D eigenvalue weighted by Crippen LogP contribution is -2.32. The van der Waals surface area contributed by atoms with E-state index in [9.17, 15) is 27.2 Å². The largest absolute Gasteiger partial charge is 0.444 e. The summed E-state index contributed by atoms with van der Waals surface area (Å²) in [6, 6.07) is 19.7. The lowest BCUT2D eigenvalue weighted by Gasteiger charge is -2.20. The first-order chi connectivity index (χ1) is 27.5. The highest BCUT2D eigenvalue weighted by Gasteiger charge is 2.26. The van der Waals surface area contributed by atoms with Crippen molar-refractivity contribution in [2.45, 2.75) is 39.5 Å². The smallest absolute Gasteiger partial charge is 0.407 e. The van der Waals surface area contributed by atoms with Crippen molar-refractivity contribution < 1.29 is 31.9 Å². The number of ketones is 1. The Hall–Kier alpha value is -5.33. The average molecular weight is 869 g/mol. The number of fused-ring (bicyclic) bond motifs is 3. The van der Waals surface area contributed by atoms with Crippen LogP contribution in [-0.2, 0) is 17.8 Å². The second-order valence-electron chi connectivity index (χ2n) is 13.8. The van der Waals surface area contributed by atoms with Gasteiger partial charge in [0.15, 0.2) is 5.78 Å². The van der Waals surface area contributed by atoms with Crippen LogP contribution in [0.4, 0.5) is 22.4 Å². The fourth-order valence-electron chi connectivity index (χ4n) is 6.09. The van der Waals surface area contributed by atoms with Crippen molar-refractivity contribution in [2.75, 3.05) is 0 Å². The number of pyridine rings is 2. The first kappa shape index (κ1) is 42.3. The molecule has 0 bridgehead atoms. The number of amides is 1. The summed E-state index contributed by atoms with van der Waals surface area (Å²) >= 11 is 24.4. The molecule has 0 saturated heterocycles. The van der Waals surface area contributed by atoms with Crippen LogP contribution >= 0.6 is 46.4 Å². The molecule has 0 atom stereocenters. The molecule has 7 rings (SSSR count). The number of nitrogens with one attached hydrogen (secondary N) is 1. The van der Waals surface area contributed by atoms with Crippen molar-refractivity contribution >= 4 is 64.0 Å². The fourth-order valence-corrected chi connectivity index (χ4v) is 6.75. The predicted molar refractivity (Wildman–Crippen MR) is 218 cm³/mol. The standard InChI is InChI=1S/C24H20Cl2F2N2O3.C19H10Cl2F2N2/c1-24(2,3)33-23(32)30-12-13-11-29-20(26)10-16(13)15-8-7-14(25)9-17(15)22(31)21-18(27)5-4-6-19(21)28;20-11-4-5-12-13-7-17(21)24-8-10(13)9-25-19(14(12)6-11)18-15(22)2-1-3-16(18)23/h4-11H,12H2,1-3H3,(H,30,32);1-8H,9H2. The molecule has 0 aliphatic carbocycles. The number of nitrogens with zero attached hydrogens (tertiary/aromatic N) is 3. The van der Waals surface area contributed by atoms with E-state index in [-0.39, 0.29) is 40.1 Å². The summed E-state index contributed by atoms with van der Waals surface area (Å²) in [5, 5.41) is 3.73. The van der Waals surface area contributed by atoms with Crippen molar-refractivity contribution in [2.24, 2.45) is 4.99 Å². The molecule has 2 aromatic heterocycles. The van der Waals surface area contributed by atoms with E-state index in [2.05, 4.69) is 20.3 Å². The number of carbonyl (C=O) groups is 2. The molecule has 1 aliphatic heterocycles. The van der Waals surface area contributed by atoms with E-state index in [1.165, 1.54) is 54.7 Å². The average Bonchev–Trinajstić information content (AvgIpc) is 3.30. The zero-order valence-electron chi connectivity index (χ0n) is 30.7. The lowest BCUT2D eigenvalue weighted by molar-refractivity contribution is 0.0523. The number of hydrogen-bond donors (Lipinski definition) is 1. The number of alkyl carbamates (subject to hydrolysis) is 1. The quantitative estimate of drug-likeness (QED) is 0.102. The minimum absolute atomic E-state index is 0.00126. The Balaban J connectivity index is 0.000000202. The Kier molecular flexibility index (Phi) is 12.9. The first-order valence-electron chi connectivity index (χ1n) is 17.3. The third kappa shape index (κ3) is 9.67. The number of aliphatic imine (C=N–C) groups is 1. The van der Waals surface area contributed by atoms with E-state index in [1.807, 2.05) is 0 Å². The Bertz CT molecular complexity index is 2580. The molecule has 0 unspecified atom stereocenters. The summed E-state index contributed by atoms with van der Waals surface area (Å²) in [5.74, 6) is -4.23. The van der Waals surface area contributed by atoms with E-state index in [0.29, 0.717) is 32.4 Å². The highest BCUT2D eigenvalue weighted by molar-refractivity contribution is 6.32. The molecule has 7 nitrogen and oxygen atoms in total. The lowest BCUT2D eigenvalue weighted by atomic mass is 9.92. The number of hydrogen-bond acceptors (Lipinski definition) is 6. The number of rotatable bonds is 6. The van der Waals surface area contributed by atoms with Gasteiger partial charge in [0, 0.05) is 40.1 Å². The van der Waals surface area contributed by atoms with Crippen LogP contribution in [0, 0.1) is 23.3 Å². The zero-order valence-corrected chi connectivity index (χ0v) is 33.8. The Morgan fingerprint density at radius 3 is 1.90 bits per heavy atom. The number of ether oxygens (including phenoxy) is 1. The van der Waals surface area contributed by atoms with E-state index in [4.69, 9.17) is 51.1 Å². The maximum atomic E-state index is 14.4. The van der Waals surface area contributed by atoms with Crippen molar-refractivity contribution in [1.82, 2.24) is 15.3 Å². The van der Waals surface area contributed by atoms with Crippen LogP contribution < -0.4 is 5.32 Å². The molecule has 0 spiro atoms. The van der Waals surface area contributed by atoms with Gasteiger partial charge in [-0.25, -0.2) is 32.3 Å². The number of carbonyl (C=O) groups excluding carboxylic acids is 2. The van der Waals surface area contributed by atoms with Crippen LogP contribution in [0.5, 0.6) is 0 Å². The minimum atomic E-state index is -0.995. The monoisotopic (exact) mass is 866 g/mol. The van der Waals surface area contributed by atoms with Gasteiger partial charge in [0.1, 0.15) is 39.2 Å². The molecule has 6 aromatic rings. The van der Waals surface area contributed by atoms with Crippen LogP contribution in [0.15, 0.2) is 102 Å². The zero-order chi connectivity index (χ0) is 41.9. The molecule has 1 aliphatic rings. The molecule has 3 heterocycles. The number of benzene rings is 4. The van der Waals surface area contributed by atoms with Crippen LogP contribution in [-0.4, -0.2) is 33.2 Å². The Labute approximate surface area is 350 Å². The van der Waals surface area contributed by atoms with Gasteiger partial charge in [-0.05, 0) is 115 Å². The van der Waals surface area contributed by atoms with Gasteiger partial charge in [-0.3, -0.25) is 9.79 Å². The molecule has 0 fully saturated rings.